The van der Waals surface area contributed by atoms with Crippen molar-refractivity contribution in [2.24, 2.45) is 0 Å². The van der Waals surface area contributed by atoms with Crippen molar-refractivity contribution < 1.29 is 18.8 Å². The van der Waals surface area contributed by atoms with E-state index in [0.717, 1.165) is 17.0 Å². The highest BCUT2D eigenvalue weighted by Crippen LogP contribution is 2.36. The Hall–Kier alpha value is -1.20. The summed E-state index contributed by atoms with van der Waals surface area (Å²) in [6.45, 7) is 8.13. The van der Waals surface area contributed by atoms with Gasteiger partial charge in [0.15, 0.2) is 0 Å². The summed E-state index contributed by atoms with van der Waals surface area (Å²) >= 11 is 0. The largest absolute Gasteiger partial charge is 0.497 e. The van der Waals surface area contributed by atoms with E-state index in [-0.39, 0.29) is 11.2 Å². The summed E-state index contributed by atoms with van der Waals surface area (Å²) in [5.74, 6) is 1.45. The van der Waals surface area contributed by atoms with Crippen LogP contribution in [0.1, 0.15) is 27.7 Å². The van der Waals surface area contributed by atoms with Gasteiger partial charge in [0, 0.05) is 6.07 Å². The van der Waals surface area contributed by atoms with Crippen molar-refractivity contribution >= 4 is 12.6 Å². The van der Waals surface area contributed by atoms with Gasteiger partial charge in [-0.3, -0.25) is 0 Å². The molecule has 0 amide bonds. The Morgan fingerprint density at radius 1 is 0.842 bits per heavy atom. The monoisotopic (exact) mass is 265 g/mol. The van der Waals surface area contributed by atoms with Crippen LogP contribution in [0.3, 0.4) is 0 Å². The molecule has 4 nitrogen and oxygen atoms in total. The average molecular weight is 265 g/mol. The zero-order chi connectivity index (χ0) is 14.3. The van der Waals surface area contributed by atoms with E-state index in [1.54, 1.807) is 14.2 Å². The van der Waals surface area contributed by atoms with Gasteiger partial charge in [0.2, 0.25) is 0 Å². The predicted molar refractivity (Wildman–Crippen MR) is 75.3 cm³/mol. The zero-order valence-corrected chi connectivity index (χ0v) is 12.4. The second-order valence-electron chi connectivity index (χ2n) is 5.73. The summed E-state index contributed by atoms with van der Waals surface area (Å²) in [5.41, 5.74) is 0.192. The van der Waals surface area contributed by atoms with Gasteiger partial charge in [0.05, 0.1) is 25.4 Å². The minimum atomic E-state index is -0.408. The fourth-order valence-corrected chi connectivity index (χ4v) is 1.94. The first-order valence-corrected chi connectivity index (χ1v) is 6.38. The molecule has 1 fully saturated rings. The van der Waals surface area contributed by atoms with E-state index in [0.29, 0.717) is 0 Å². The normalized spacial score (nSPS) is 20.4. The lowest BCUT2D eigenvalue weighted by atomic mass is 9.79. The van der Waals surface area contributed by atoms with Crippen molar-refractivity contribution in [1.82, 2.24) is 0 Å². The zero-order valence-electron chi connectivity index (χ0n) is 12.4. The van der Waals surface area contributed by atoms with Crippen molar-refractivity contribution in [3.63, 3.8) is 0 Å². The first-order valence-electron chi connectivity index (χ1n) is 6.38. The van der Waals surface area contributed by atoms with Crippen molar-refractivity contribution in [2.75, 3.05) is 14.2 Å². The first kappa shape index (κ1) is 14.2. The topological polar surface area (TPSA) is 36.9 Å². The molecule has 19 heavy (non-hydrogen) atoms. The van der Waals surface area contributed by atoms with Gasteiger partial charge >= 0.3 is 7.12 Å². The molecule has 0 aromatic heterocycles. The van der Waals surface area contributed by atoms with Gasteiger partial charge < -0.3 is 18.8 Å². The number of hydrogen-bond donors (Lipinski definition) is 0. The lowest BCUT2D eigenvalue weighted by Crippen LogP contribution is -2.41. The molecule has 0 N–H and O–H groups in total. The van der Waals surface area contributed by atoms with Crippen LogP contribution in [0, 0.1) is 0 Å². The highest BCUT2D eigenvalue weighted by atomic mass is 16.7. The lowest BCUT2D eigenvalue weighted by Gasteiger charge is -2.32. The molecule has 0 saturated carbocycles. The molecule has 1 saturated heterocycles. The van der Waals surface area contributed by atoms with Gasteiger partial charge in [0.1, 0.15) is 11.5 Å². The van der Waals surface area contributed by atoms with Crippen LogP contribution in [0.25, 0.3) is 0 Å². The highest BCUT2D eigenvalue weighted by molar-refractivity contribution is 6.62. The fourth-order valence-electron chi connectivity index (χ4n) is 1.94. The van der Waals surface area contributed by atoms with Crippen LogP contribution in [-0.2, 0) is 9.31 Å². The Kier molecular flexibility index (Phi) is 3.54. The third-order valence-corrected chi connectivity index (χ3v) is 3.90. The molecular weight excluding hydrogens is 244 g/mol. The molecule has 1 aliphatic heterocycles. The van der Waals surface area contributed by atoms with Crippen molar-refractivity contribution in [2.45, 2.75) is 38.9 Å². The number of hydrogen-bond acceptors (Lipinski definition) is 4. The Morgan fingerprint density at radius 2 is 1.26 bits per heavy atom. The second kappa shape index (κ2) is 4.73. The van der Waals surface area contributed by atoms with E-state index < -0.39 is 7.12 Å². The molecule has 1 heterocycles. The van der Waals surface area contributed by atoms with Crippen LogP contribution in [0.2, 0.25) is 0 Å². The van der Waals surface area contributed by atoms with Crippen LogP contribution in [0.5, 0.6) is 11.5 Å². The predicted octanol–water partition coefficient (Wildman–Crippen LogP) is 2.00. The third-order valence-electron chi connectivity index (χ3n) is 3.90. The molecule has 0 radical (unpaired) electrons. The smallest absolute Gasteiger partial charge is 0.495 e. The summed E-state index contributed by atoms with van der Waals surface area (Å²) in [7, 11) is 2.85. The van der Waals surface area contributed by atoms with Crippen molar-refractivity contribution in [1.29, 1.82) is 0 Å². The van der Waals surface area contributed by atoms with E-state index >= 15 is 0 Å². The number of ether oxygens (including phenoxy) is 2. The molecule has 0 unspecified atom stereocenters. The Morgan fingerprint density at radius 3 is 1.63 bits per heavy atom. The number of benzene rings is 1. The summed E-state index contributed by atoms with van der Waals surface area (Å²) < 4.78 is 22.6. The lowest BCUT2D eigenvalue weighted by molar-refractivity contribution is 0.00578. The number of rotatable bonds is 3. The maximum Gasteiger partial charge on any atom is 0.495 e. The van der Waals surface area contributed by atoms with Crippen molar-refractivity contribution in [3.05, 3.63) is 18.2 Å². The summed E-state index contributed by atoms with van der Waals surface area (Å²) in [6, 6.07) is 5.64. The molecule has 1 aromatic rings. The van der Waals surface area contributed by atoms with E-state index in [2.05, 4.69) is 0 Å². The van der Waals surface area contributed by atoms with Crippen LogP contribution in [0.15, 0.2) is 18.2 Å². The molecule has 0 bridgehead atoms. The molecule has 1 aromatic carbocycles. The maximum atomic E-state index is 6.02. The minimum Gasteiger partial charge on any atom is -0.497 e. The van der Waals surface area contributed by atoms with Gasteiger partial charge in [0.25, 0.3) is 0 Å². The summed E-state index contributed by atoms with van der Waals surface area (Å²) in [5, 5.41) is 0. The highest BCUT2D eigenvalue weighted by Gasteiger charge is 2.51. The van der Waals surface area contributed by atoms with Crippen LogP contribution in [-0.4, -0.2) is 32.5 Å². The standard InChI is InChI=1S/C14H21BO4/c1-13(2)14(3,4)19-15(18-13)10-7-11(16-5)9-12(8-10)17-6/h7-9H,1-6H3/i9+1. The Balaban J connectivity index is 2.33. The van der Waals surface area contributed by atoms with E-state index in [4.69, 9.17) is 18.8 Å². The van der Waals surface area contributed by atoms with Crippen LogP contribution < -0.4 is 14.9 Å². The number of methoxy groups -OCH3 is 2. The quantitative estimate of drug-likeness (QED) is 0.783. The van der Waals surface area contributed by atoms with Gasteiger partial charge in [-0.1, -0.05) is 0 Å². The molecule has 0 atom stereocenters. The summed E-state index contributed by atoms with van der Waals surface area (Å²) in [6.07, 6.45) is 0. The molecule has 0 spiro atoms. The van der Waals surface area contributed by atoms with Gasteiger partial charge in [-0.05, 0) is 45.3 Å². The molecule has 5 heteroatoms. The Bertz CT molecular complexity index is 432. The molecule has 2 rings (SSSR count). The molecule has 1 aliphatic rings. The third kappa shape index (κ3) is 2.58. The van der Waals surface area contributed by atoms with E-state index in [1.807, 2.05) is 45.9 Å². The van der Waals surface area contributed by atoms with Gasteiger partial charge in [-0.25, -0.2) is 0 Å². The molecule has 0 aliphatic carbocycles. The minimum absolute atomic E-state index is 0.353. The van der Waals surface area contributed by atoms with E-state index in [1.165, 1.54) is 0 Å². The molecular formula is C14H21BO4. The SMILES string of the molecule is COc1cc(B2OC(C)(C)C(C)(C)O2)cc(OC)[13cH]1. The second-order valence-corrected chi connectivity index (χ2v) is 5.73. The van der Waals surface area contributed by atoms with Crippen LogP contribution in [0.4, 0.5) is 0 Å². The first-order chi connectivity index (χ1) is 8.79. The maximum absolute atomic E-state index is 6.02. The van der Waals surface area contributed by atoms with Gasteiger partial charge in [-0.2, -0.15) is 0 Å². The fraction of sp³-hybridized carbons (Fsp3) is 0.571. The van der Waals surface area contributed by atoms with Crippen molar-refractivity contribution in [3.8, 4) is 11.5 Å². The average Bonchev–Trinajstić information content (AvgIpc) is 2.58. The Labute approximate surface area is 115 Å². The van der Waals surface area contributed by atoms with Gasteiger partial charge in [-0.15, -0.1) is 0 Å². The molecule has 104 valence electrons. The van der Waals surface area contributed by atoms with Crippen LogP contribution >= 0.6 is 0 Å². The summed E-state index contributed by atoms with van der Waals surface area (Å²) in [4.78, 5) is 0. The van der Waals surface area contributed by atoms with E-state index in [9.17, 15) is 0 Å².